The van der Waals surface area contributed by atoms with E-state index in [1.165, 1.54) is 6.20 Å². The quantitative estimate of drug-likeness (QED) is 0.824. The van der Waals surface area contributed by atoms with E-state index < -0.39 is 5.54 Å². The van der Waals surface area contributed by atoms with Gasteiger partial charge in [-0.1, -0.05) is 23.7 Å². The van der Waals surface area contributed by atoms with Crippen molar-refractivity contribution in [1.82, 2.24) is 15.1 Å². The van der Waals surface area contributed by atoms with Gasteiger partial charge in [0.15, 0.2) is 5.82 Å². The van der Waals surface area contributed by atoms with Crippen molar-refractivity contribution in [2.24, 2.45) is 5.73 Å². The number of nitrogens with two attached hydrogens (primary N) is 1. The molecule has 0 aliphatic carbocycles. The van der Waals surface area contributed by atoms with Gasteiger partial charge in [0.1, 0.15) is 11.2 Å². The van der Waals surface area contributed by atoms with Gasteiger partial charge < -0.3 is 15.0 Å². The Morgan fingerprint density at radius 1 is 1.45 bits per heavy atom. The predicted octanol–water partition coefficient (Wildman–Crippen LogP) is 2.39. The first-order valence-corrected chi connectivity index (χ1v) is 6.73. The number of rotatable bonds is 6. The van der Waals surface area contributed by atoms with Gasteiger partial charge in [0, 0.05) is 12.8 Å². The van der Waals surface area contributed by atoms with Gasteiger partial charge in [0.2, 0.25) is 0 Å². The molecule has 2 aromatic heterocycles. The normalized spacial score (nSPS) is 14.2. The number of ether oxygens (including phenoxy) is 1. The SMILES string of the molecule is CCCOCC(C)(N)c1noc(-c2ccc(Cl)cn2)n1. The molecule has 108 valence electrons. The second-order valence-electron chi connectivity index (χ2n) is 4.75. The summed E-state index contributed by atoms with van der Waals surface area (Å²) in [5, 5.41) is 4.45. The monoisotopic (exact) mass is 296 g/mol. The molecule has 0 amide bonds. The van der Waals surface area contributed by atoms with Crippen LogP contribution in [0.4, 0.5) is 0 Å². The molecule has 2 heterocycles. The topological polar surface area (TPSA) is 87.1 Å². The van der Waals surface area contributed by atoms with E-state index in [1.807, 2.05) is 6.92 Å². The van der Waals surface area contributed by atoms with E-state index in [4.69, 9.17) is 26.6 Å². The molecule has 6 nitrogen and oxygen atoms in total. The van der Waals surface area contributed by atoms with Gasteiger partial charge in [-0.3, -0.25) is 0 Å². The summed E-state index contributed by atoms with van der Waals surface area (Å²) in [7, 11) is 0. The summed E-state index contributed by atoms with van der Waals surface area (Å²) in [5.41, 5.74) is 5.89. The van der Waals surface area contributed by atoms with Gasteiger partial charge in [-0.05, 0) is 25.5 Å². The first-order valence-electron chi connectivity index (χ1n) is 6.35. The lowest BCUT2D eigenvalue weighted by molar-refractivity contribution is 0.0867. The number of hydrogen-bond acceptors (Lipinski definition) is 6. The highest BCUT2D eigenvalue weighted by molar-refractivity contribution is 6.30. The number of nitrogens with zero attached hydrogens (tertiary/aromatic N) is 3. The molecule has 0 saturated heterocycles. The van der Waals surface area contributed by atoms with E-state index in [9.17, 15) is 0 Å². The van der Waals surface area contributed by atoms with E-state index in [0.29, 0.717) is 35.6 Å². The molecular formula is C13H17ClN4O2. The summed E-state index contributed by atoms with van der Waals surface area (Å²) in [6.45, 7) is 4.81. The van der Waals surface area contributed by atoms with Crippen molar-refractivity contribution >= 4 is 11.6 Å². The predicted molar refractivity (Wildman–Crippen MR) is 75.2 cm³/mol. The average Bonchev–Trinajstić information content (AvgIpc) is 2.90. The van der Waals surface area contributed by atoms with Crippen molar-refractivity contribution in [2.75, 3.05) is 13.2 Å². The van der Waals surface area contributed by atoms with Gasteiger partial charge >= 0.3 is 0 Å². The highest BCUT2D eigenvalue weighted by atomic mass is 35.5. The number of halogens is 1. The molecule has 0 saturated carbocycles. The molecule has 0 aromatic carbocycles. The summed E-state index contributed by atoms with van der Waals surface area (Å²) in [6, 6.07) is 3.42. The van der Waals surface area contributed by atoms with Crippen molar-refractivity contribution in [1.29, 1.82) is 0 Å². The third kappa shape index (κ3) is 3.53. The van der Waals surface area contributed by atoms with Crippen molar-refractivity contribution in [2.45, 2.75) is 25.8 Å². The first kappa shape index (κ1) is 14.9. The van der Waals surface area contributed by atoms with Gasteiger partial charge in [0.05, 0.1) is 11.6 Å². The summed E-state index contributed by atoms with van der Waals surface area (Å²) in [4.78, 5) is 8.39. The molecule has 1 unspecified atom stereocenters. The fourth-order valence-electron chi connectivity index (χ4n) is 1.55. The minimum absolute atomic E-state index is 0.309. The van der Waals surface area contributed by atoms with Crippen molar-refractivity contribution in [3.63, 3.8) is 0 Å². The Balaban J connectivity index is 2.13. The maximum Gasteiger partial charge on any atom is 0.276 e. The minimum atomic E-state index is -0.802. The lowest BCUT2D eigenvalue weighted by Gasteiger charge is -2.19. The molecule has 2 rings (SSSR count). The largest absolute Gasteiger partial charge is 0.379 e. The molecule has 0 aliphatic rings. The number of hydrogen-bond donors (Lipinski definition) is 1. The summed E-state index contributed by atoms with van der Waals surface area (Å²) < 4.78 is 10.6. The zero-order valence-electron chi connectivity index (χ0n) is 11.5. The van der Waals surface area contributed by atoms with E-state index in [1.54, 1.807) is 19.1 Å². The average molecular weight is 297 g/mol. The first-order chi connectivity index (χ1) is 9.53. The minimum Gasteiger partial charge on any atom is -0.379 e. The molecule has 0 aliphatic heterocycles. The van der Waals surface area contributed by atoms with Crippen LogP contribution >= 0.6 is 11.6 Å². The zero-order valence-corrected chi connectivity index (χ0v) is 12.2. The van der Waals surface area contributed by atoms with Gasteiger partial charge in [-0.25, -0.2) is 4.98 Å². The fraction of sp³-hybridized carbons (Fsp3) is 0.462. The standard InChI is InChI=1S/C13H17ClN4O2/c1-3-6-19-8-13(2,15)12-17-11(20-18-12)10-5-4-9(14)7-16-10/h4-5,7H,3,6,8,15H2,1-2H3. The molecule has 1 atom stereocenters. The number of pyridine rings is 1. The Morgan fingerprint density at radius 2 is 2.25 bits per heavy atom. The van der Waals surface area contributed by atoms with Crippen LogP contribution < -0.4 is 5.73 Å². The lowest BCUT2D eigenvalue weighted by Crippen LogP contribution is -2.39. The zero-order chi connectivity index (χ0) is 14.6. The van der Waals surface area contributed by atoms with Gasteiger partial charge in [-0.2, -0.15) is 4.98 Å². The molecule has 2 N–H and O–H groups in total. The molecule has 0 fully saturated rings. The van der Waals surface area contributed by atoms with Crippen LogP contribution in [0.25, 0.3) is 11.6 Å². The maximum atomic E-state index is 6.14. The molecule has 0 spiro atoms. The Hall–Kier alpha value is -1.50. The third-order valence-corrected chi connectivity index (χ3v) is 2.86. The summed E-state index contributed by atoms with van der Waals surface area (Å²) in [5.74, 6) is 0.698. The highest BCUT2D eigenvalue weighted by Crippen LogP contribution is 2.21. The van der Waals surface area contributed by atoms with E-state index >= 15 is 0 Å². The van der Waals surface area contributed by atoms with E-state index in [-0.39, 0.29) is 0 Å². The van der Waals surface area contributed by atoms with Gasteiger partial charge in [0.25, 0.3) is 5.89 Å². The van der Waals surface area contributed by atoms with Crippen molar-refractivity contribution in [3.05, 3.63) is 29.2 Å². The second-order valence-corrected chi connectivity index (χ2v) is 5.19. The fourth-order valence-corrected chi connectivity index (χ4v) is 1.67. The number of aromatic nitrogens is 3. The third-order valence-electron chi connectivity index (χ3n) is 2.63. The van der Waals surface area contributed by atoms with Crippen LogP contribution in [0.5, 0.6) is 0 Å². The molecule has 2 aromatic rings. The Kier molecular flexibility index (Phi) is 4.69. The Morgan fingerprint density at radius 3 is 2.90 bits per heavy atom. The van der Waals surface area contributed by atoms with Crippen LogP contribution in [-0.2, 0) is 10.3 Å². The van der Waals surface area contributed by atoms with Crippen LogP contribution in [0, 0.1) is 0 Å². The van der Waals surface area contributed by atoms with Crippen LogP contribution in [0.3, 0.4) is 0 Å². The highest BCUT2D eigenvalue weighted by Gasteiger charge is 2.28. The van der Waals surface area contributed by atoms with Crippen molar-refractivity contribution < 1.29 is 9.26 Å². The van der Waals surface area contributed by atoms with E-state index in [2.05, 4.69) is 15.1 Å². The van der Waals surface area contributed by atoms with Crippen LogP contribution in [-0.4, -0.2) is 28.3 Å². The molecule has 0 radical (unpaired) electrons. The van der Waals surface area contributed by atoms with Crippen LogP contribution in [0.1, 0.15) is 26.1 Å². The summed E-state index contributed by atoms with van der Waals surface area (Å²) in [6.07, 6.45) is 2.45. The van der Waals surface area contributed by atoms with Crippen LogP contribution in [0.2, 0.25) is 5.02 Å². The Bertz CT molecular complexity index is 554. The molecule has 7 heteroatoms. The smallest absolute Gasteiger partial charge is 0.276 e. The van der Waals surface area contributed by atoms with E-state index in [0.717, 1.165) is 6.42 Å². The molecule has 20 heavy (non-hydrogen) atoms. The Labute approximate surface area is 122 Å². The summed E-state index contributed by atoms with van der Waals surface area (Å²) >= 11 is 5.78. The lowest BCUT2D eigenvalue weighted by atomic mass is 10.1. The maximum absolute atomic E-state index is 6.14. The van der Waals surface area contributed by atoms with Gasteiger partial charge in [-0.15, -0.1) is 0 Å². The molecular weight excluding hydrogens is 280 g/mol. The van der Waals surface area contributed by atoms with Crippen LogP contribution in [0.15, 0.2) is 22.9 Å². The second kappa shape index (κ2) is 6.30. The molecule has 0 bridgehead atoms. The van der Waals surface area contributed by atoms with Crippen molar-refractivity contribution in [3.8, 4) is 11.6 Å².